The quantitative estimate of drug-likeness (QED) is 0.883. The van der Waals surface area contributed by atoms with Crippen molar-refractivity contribution in [1.29, 1.82) is 0 Å². The van der Waals surface area contributed by atoms with Crippen molar-refractivity contribution in [3.05, 3.63) is 40.7 Å². The number of aryl methyl sites for hydroxylation is 2. The van der Waals surface area contributed by atoms with Crippen molar-refractivity contribution in [2.75, 3.05) is 5.32 Å². The van der Waals surface area contributed by atoms with Gasteiger partial charge in [0.25, 0.3) is 0 Å². The van der Waals surface area contributed by atoms with Crippen molar-refractivity contribution in [2.24, 2.45) is 0 Å². The number of hydrogen-bond acceptors (Lipinski definition) is 4. The second kappa shape index (κ2) is 4.61. The number of nitrogens with zero attached hydrogens (tertiary/aromatic N) is 2. The fourth-order valence-corrected chi connectivity index (χ4v) is 2.33. The lowest BCUT2D eigenvalue weighted by atomic mass is 10.2. The van der Waals surface area contributed by atoms with Crippen LogP contribution in [0.3, 0.4) is 0 Å². The van der Waals surface area contributed by atoms with Crippen LogP contribution in [0.25, 0.3) is 0 Å². The molecular weight excluding hydrogens is 218 g/mol. The summed E-state index contributed by atoms with van der Waals surface area (Å²) in [6.45, 7) is 6.21. The molecule has 0 amide bonds. The van der Waals surface area contributed by atoms with Crippen molar-refractivity contribution in [1.82, 2.24) is 9.97 Å². The number of anilines is 1. The first-order valence-electron chi connectivity index (χ1n) is 5.28. The Morgan fingerprint density at radius 2 is 2.12 bits per heavy atom. The van der Waals surface area contributed by atoms with Gasteiger partial charge in [-0.25, -0.2) is 4.98 Å². The van der Waals surface area contributed by atoms with Crippen LogP contribution in [0.1, 0.15) is 29.2 Å². The summed E-state index contributed by atoms with van der Waals surface area (Å²) in [5.74, 6) is 0. The molecule has 0 aliphatic carbocycles. The standard InChI is InChI=1S/C12H15N3S/c1-8-10(3)16-12(14-8)15-9(2)11-6-4-5-7-13-11/h4-7,9H,1-3H3,(H,14,15). The van der Waals surface area contributed by atoms with Gasteiger partial charge in [0.05, 0.1) is 17.4 Å². The van der Waals surface area contributed by atoms with Gasteiger partial charge in [0.2, 0.25) is 0 Å². The first kappa shape index (κ1) is 11.1. The van der Waals surface area contributed by atoms with E-state index in [1.807, 2.05) is 31.3 Å². The summed E-state index contributed by atoms with van der Waals surface area (Å²) in [7, 11) is 0. The number of hydrogen-bond donors (Lipinski definition) is 1. The molecule has 1 atom stereocenters. The number of nitrogens with one attached hydrogen (secondary N) is 1. The molecule has 0 spiro atoms. The van der Waals surface area contributed by atoms with Gasteiger partial charge in [0.15, 0.2) is 5.13 Å². The summed E-state index contributed by atoms with van der Waals surface area (Å²) in [4.78, 5) is 10.0. The lowest BCUT2D eigenvalue weighted by Gasteiger charge is -2.11. The third kappa shape index (κ3) is 2.39. The van der Waals surface area contributed by atoms with E-state index in [9.17, 15) is 0 Å². The van der Waals surface area contributed by atoms with Crippen molar-refractivity contribution in [3.63, 3.8) is 0 Å². The van der Waals surface area contributed by atoms with Gasteiger partial charge in [-0.2, -0.15) is 0 Å². The molecule has 84 valence electrons. The molecule has 2 aromatic heterocycles. The van der Waals surface area contributed by atoms with Crippen LogP contribution < -0.4 is 5.32 Å². The molecule has 0 saturated carbocycles. The van der Waals surface area contributed by atoms with E-state index in [1.165, 1.54) is 4.88 Å². The zero-order valence-corrected chi connectivity index (χ0v) is 10.5. The van der Waals surface area contributed by atoms with E-state index in [1.54, 1.807) is 11.3 Å². The molecule has 2 rings (SSSR count). The second-order valence-corrected chi connectivity index (χ2v) is 4.98. The lowest BCUT2D eigenvalue weighted by Crippen LogP contribution is -2.07. The highest BCUT2D eigenvalue weighted by Gasteiger charge is 2.09. The van der Waals surface area contributed by atoms with E-state index in [4.69, 9.17) is 0 Å². The van der Waals surface area contributed by atoms with Crippen LogP contribution in [-0.4, -0.2) is 9.97 Å². The summed E-state index contributed by atoms with van der Waals surface area (Å²) >= 11 is 1.69. The minimum atomic E-state index is 0.186. The van der Waals surface area contributed by atoms with E-state index in [0.717, 1.165) is 16.5 Å². The number of aromatic nitrogens is 2. The Morgan fingerprint density at radius 1 is 1.31 bits per heavy atom. The molecule has 3 nitrogen and oxygen atoms in total. The highest BCUT2D eigenvalue weighted by molar-refractivity contribution is 7.15. The first-order valence-corrected chi connectivity index (χ1v) is 6.10. The number of rotatable bonds is 3. The van der Waals surface area contributed by atoms with Crippen LogP contribution in [0.5, 0.6) is 0 Å². The molecule has 4 heteroatoms. The predicted octanol–water partition coefficient (Wildman–Crippen LogP) is 3.33. The van der Waals surface area contributed by atoms with Gasteiger partial charge in [0.1, 0.15) is 0 Å². The third-order valence-electron chi connectivity index (χ3n) is 2.50. The normalized spacial score (nSPS) is 12.4. The van der Waals surface area contributed by atoms with Crippen LogP contribution in [0.15, 0.2) is 24.4 Å². The predicted molar refractivity (Wildman–Crippen MR) is 67.9 cm³/mol. The monoisotopic (exact) mass is 233 g/mol. The molecule has 2 aromatic rings. The molecule has 0 aliphatic heterocycles. The Morgan fingerprint density at radius 3 is 2.69 bits per heavy atom. The van der Waals surface area contributed by atoms with Gasteiger partial charge >= 0.3 is 0 Å². The van der Waals surface area contributed by atoms with E-state index in [0.29, 0.717) is 0 Å². The molecule has 1 unspecified atom stereocenters. The minimum absolute atomic E-state index is 0.186. The first-order chi connectivity index (χ1) is 7.66. The summed E-state index contributed by atoms with van der Waals surface area (Å²) in [5, 5.41) is 4.33. The highest BCUT2D eigenvalue weighted by Crippen LogP contribution is 2.24. The zero-order chi connectivity index (χ0) is 11.5. The maximum Gasteiger partial charge on any atom is 0.183 e. The number of thiazole rings is 1. The van der Waals surface area contributed by atoms with Crippen molar-refractivity contribution < 1.29 is 0 Å². The fraction of sp³-hybridized carbons (Fsp3) is 0.333. The Kier molecular flexibility index (Phi) is 3.19. The average molecular weight is 233 g/mol. The van der Waals surface area contributed by atoms with Crippen LogP contribution in [-0.2, 0) is 0 Å². The minimum Gasteiger partial charge on any atom is -0.353 e. The van der Waals surface area contributed by atoms with Gasteiger partial charge in [0, 0.05) is 11.1 Å². The van der Waals surface area contributed by atoms with Crippen molar-refractivity contribution in [2.45, 2.75) is 26.8 Å². The molecule has 0 aliphatic rings. The Balaban J connectivity index is 2.11. The summed E-state index contributed by atoms with van der Waals surface area (Å²) in [5.41, 5.74) is 2.13. The van der Waals surface area contributed by atoms with Crippen molar-refractivity contribution in [3.8, 4) is 0 Å². The van der Waals surface area contributed by atoms with E-state index in [2.05, 4.69) is 29.1 Å². The van der Waals surface area contributed by atoms with E-state index < -0.39 is 0 Å². The molecule has 0 aromatic carbocycles. The van der Waals surface area contributed by atoms with Gasteiger partial charge < -0.3 is 5.32 Å². The molecule has 0 fully saturated rings. The fourth-order valence-electron chi connectivity index (χ4n) is 1.43. The summed E-state index contributed by atoms with van der Waals surface area (Å²) in [6, 6.07) is 6.13. The SMILES string of the molecule is Cc1nc(NC(C)c2ccccn2)sc1C. The van der Waals surface area contributed by atoms with Crippen LogP contribution in [0.2, 0.25) is 0 Å². The third-order valence-corrected chi connectivity index (χ3v) is 3.50. The maximum atomic E-state index is 4.46. The average Bonchev–Trinajstić information content (AvgIpc) is 2.59. The summed E-state index contributed by atoms with van der Waals surface area (Å²) in [6.07, 6.45) is 1.81. The smallest absolute Gasteiger partial charge is 0.183 e. The van der Waals surface area contributed by atoms with Crippen LogP contribution in [0, 0.1) is 13.8 Å². The Hall–Kier alpha value is -1.42. The molecule has 16 heavy (non-hydrogen) atoms. The molecule has 1 N–H and O–H groups in total. The Bertz CT molecular complexity index is 445. The van der Waals surface area contributed by atoms with E-state index in [-0.39, 0.29) is 6.04 Å². The maximum absolute atomic E-state index is 4.46. The summed E-state index contributed by atoms with van der Waals surface area (Å²) < 4.78 is 0. The highest BCUT2D eigenvalue weighted by atomic mass is 32.1. The van der Waals surface area contributed by atoms with Gasteiger partial charge in [-0.15, -0.1) is 11.3 Å². The van der Waals surface area contributed by atoms with Gasteiger partial charge in [-0.1, -0.05) is 6.07 Å². The lowest BCUT2D eigenvalue weighted by molar-refractivity contribution is 0.836. The topological polar surface area (TPSA) is 37.8 Å². The molecule has 0 saturated heterocycles. The molecule has 0 radical (unpaired) electrons. The zero-order valence-electron chi connectivity index (χ0n) is 9.69. The number of pyridine rings is 1. The Labute approximate surface area is 99.6 Å². The van der Waals surface area contributed by atoms with Crippen LogP contribution in [0.4, 0.5) is 5.13 Å². The molecule has 0 bridgehead atoms. The van der Waals surface area contributed by atoms with Gasteiger partial charge in [-0.05, 0) is 32.9 Å². The van der Waals surface area contributed by atoms with Gasteiger partial charge in [-0.3, -0.25) is 4.98 Å². The van der Waals surface area contributed by atoms with Crippen molar-refractivity contribution >= 4 is 16.5 Å². The molecular formula is C12H15N3S. The molecule has 2 heterocycles. The van der Waals surface area contributed by atoms with E-state index >= 15 is 0 Å². The van der Waals surface area contributed by atoms with Crippen LogP contribution >= 0.6 is 11.3 Å². The largest absolute Gasteiger partial charge is 0.353 e. The second-order valence-electron chi connectivity index (χ2n) is 3.78.